The van der Waals surface area contributed by atoms with E-state index in [-0.39, 0.29) is 16.1 Å². The number of nitrogens with zero attached hydrogens (tertiary/aromatic N) is 1. The highest BCUT2D eigenvalue weighted by Gasteiger charge is 2.53. The average molecular weight is 275 g/mol. The monoisotopic (exact) mass is 275 g/mol. The summed E-state index contributed by atoms with van der Waals surface area (Å²) in [6.45, 7) is 6.19. The minimum Gasteiger partial charge on any atom is -0.291 e. The van der Waals surface area contributed by atoms with E-state index in [9.17, 15) is 14.9 Å². The van der Waals surface area contributed by atoms with Crippen molar-refractivity contribution < 1.29 is 9.72 Å². The van der Waals surface area contributed by atoms with E-state index in [4.69, 9.17) is 0 Å². The Morgan fingerprint density at radius 1 is 1.25 bits per heavy atom. The molecule has 0 aromatic heterocycles. The summed E-state index contributed by atoms with van der Waals surface area (Å²) in [4.78, 5) is 23.5. The minimum absolute atomic E-state index is 0.0918. The van der Waals surface area contributed by atoms with E-state index in [0.29, 0.717) is 18.4 Å². The third kappa shape index (κ3) is 2.35. The molecule has 2 rings (SSSR count). The molecule has 0 radical (unpaired) electrons. The molecule has 1 aromatic rings. The number of hydrogen-bond acceptors (Lipinski definition) is 3. The molecule has 0 heterocycles. The zero-order chi connectivity index (χ0) is 15.0. The molecule has 0 N–H and O–H groups in total. The third-order valence-corrected chi connectivity index (χ3v) is 4.17. The van der Waals surface area contributed by atoms with Crippen molar-refractivity contribution in [2.24, 2.45) is 0 Å². The maximum absolute atomic E-state index is 12.3. The SMILES string of the molecule is CC(C)(C)c1cccc([C@]2([N+](=O)[O-])CCCCC2=O)c1. The Labute approximate surface area is 119 Å². The molecule has 1 aliphatic carbocycles. The van der Waals surface area contributed by atoms with Gasteiger partial charge in [-0.05, 0) is 29.9 Å². The van der Waals surface area contributed by atoms with Crippen LogP contribution >= 0.6 is 0 Å². The van der Waals surface area contributed by atoms with Crippen LogP contribution in [0.4, 0.5) is 0 Å². The van der Waals surface area contributed by atoms with E-state index < -0.39 is 5.54 Å². The van der Waals surface area contributed by atoms with Gasteiger partial charge in [-0.15, -0.1) is 0 Å². The Morgan fingerprint density at radius 3 is 2.50 bits per heavy atom. The lowest BCUT2D eigenvalue weighted by atomic mass is 9.74. The van der Waals surface area contributed by atoms with Gasteiger partial charge < -0.3 is 0 Å². The van der Waals surface area contributed by atoms with Gasteiger partial charge in [0.25, 0.3) is 0 Å². The van der Waals surface area contributed by atoms with Crippen molar-refractivity contribution >= 4 is 5.78 Å². The fourth-order valence-electron chi connectivity index (χ4n) is 2.86. The Bertz CT molecular complexity index is 545. The Balaban J connectivity index is 2.56. The van der Waals surface area contributed by atoms with Crippen molar-refractivity contribution in [1.82, 2.24) is 0 Å². The van der Waals surface area contributed by atoms with Crippen LogP contribution in [0.3, 0.4) is 0 Å². The van der Waals surface area contributed by atoms with Gasteiger partial charge in [0.15, 0.2) is 0 Å². The molecule has 20 heavy (non-hydrogen) atoms. The fraction of sp³-hybridized carbons (Fsp3) is 0.562. The Morgan fingerprint density at radius 2 is 1.95 bits per heavy atom. The van der Waals surface area contributed by atoms with Crippen LogP contribution in [0.1, 0.15) is 57.6 Å². The lowest BCUT2D eigenvalue weighted by Gasteiger charge is -2.29. The molecule has 0 saturated heterocycles. The lowest BCUT2D eigenvalue weighted by Crippen LogP contribution is -2.45. The van der Waals surface area contributed by atoms with Gasteiger partial charge in [0.1, 0.15) is 0 Å². The summed E-state index contributed by atoms with van der Waals surface area (Å²) >= 11 is 0. The maximum Gasteiger partial charge on any atom is 0.304 e. The molecule has 1 aliphatic rings. The number of nitro groups is 1. The number of carbonyl (C=O) groups excluding carboxylic acids is 1. The van der Waals surface area contributed by atoms with E-state index >= 15 is 0 Å². The summed E-state index contributed by atoms with van der Waals surface area (Å²) in [5.74, 6) is -0.250. The van der Waals surface area contributed by atoms with Gasteiger partial charge in [-0.25, -0.2) is 0 Å². The Kier molecular flexibility index (Phi) is 3.67. The predicted molar refractivity (Wildman–Crippen MR) is 77.3 cm³/mol. The van der Waals surface area contributed by atoms with Crippen LogP contribution in [0.5, 0.6) is 0 Å². The molecule has 0 spiro atoms. The second kappa shape index (κ2) is 5.00. The normalized spacial score (nSPS) is 23.6. The van der Waals surface area contributed by atoms with Crippen molar-refractivity contribution in [2.45, 2.75) is 57.4 Å². The molecule has 0 unspecified atom stereocenters. The van der Waals surface area contributed by atoms with E-state index in [2.05, 4.69) is 20.8 Å². The molecular formula is C16H21NO3. The predicted octanol–water partition coefficient (Wildman–Crippen LogP) is 3.60. The second-order valence-corrected chi connectivity index (χ2v) is 6.58. The summed E-state index contributed by atoms with van der Waals surface area (Å²) in [6.07, 6.45) is 2.10. The first-order valence-corrected chi connectivity index (χ1v) is 7.07. The first-order chi connectivity index (χ1) is 9.28. The van der Waals surface area contributed by atoms with Crippen molar-refractivity contribution in [3.05, 3.63) is 45.5 Å². The number of benzene rings is 1. The summed E-state index contributed by atoms with van der Waals surface area (Å²) in [6, 6.07) is 7.35. The fourth-order valence-corrected chi connectivity index (χ4v) is 2.86. The number of Topliss-reactive ketones (excluding diaryl/α,β-unsaturated/α-hetero) is 1. The maximum atomic E-state index is 12.3. The van der Waals surface area contributed by atoms with Gasteiger partial charge in [0, 0.05) is 23.3 Å². The van der Waals surface area contributed by atoms with Crippen molar-refractivity contribution in [3.8, 4) is 0 Å². The van der Waals surface area contributed by atoms with Gasteiger partial charge in [-0.1, -0.05) is 39.0 Å². The van der Waals surface area contributed by atoms with E-state index in [1.807, 2.05) is 18.2 Å². The summed E-state index contributed by atoms with van der Waals surface area (Å²) < 4.78 is 0. The van der Waals surface area contributed by atoms with Crippen LogP contribution in [-0.4, -0.2) is 10.7 Å². The third-order valence-electron chi connectivity index (χ3n) is 4.17. The van der Waals surface area contributed by atoms with Crippen LogP contribution in [-0.2, 0) is 15.7 Å². The van der Waals surface area contributed by atoms with Crippen molar-refractivity contribution in [3.63, 3.8) is 0 Å². The van der Waals surface area contributed by atoms with E-state index in [1.54, 1.807) is 6.07 Å². The summed E-state index contributed by atoms with van der Waals surface area (Å²) in [5, 5.41) is 11.6. The van der Waals surface area contributed by atoms with Gasteiger partial charge in [0.05, 0.1) is 0 Å². The molecule has 4 heteroatoms. The van der Waals surface area contributed by atoms with Crippen molar-refractivity contribution in [2.75, 3.05) is 0 Å². The summed E-state index contributed by atoms with van der Waals surface area (Å²) in [5.41, 5.74) is -0.0559. The number of rotatable bonds is 2. The molecule has 0 aliphatic heterocycles. The van der Waals surface area contributed by atoms with Crippen molar-refractivity contribution in [1.29, 1.82) is 0 Å². The minimum atomic E-state index is -1.53. The smallest absolute Gasteiger partial charge is 0.291 e. The number of hydrogen-bond donors (Lipinski definition) is 0. The molecule has 108 valence electrons. The standard InChI is InChI=1S/C16H21NO3/c1-15(2,3)12-7-6-8-13(11-12)16(17(19)20)10-5-4-9-14(16)18/h6-8,11H,4-5,9-10H2,1-3H3/t16-/m1/s1. The first kappa shape index (κ1) is 14.7. The van der Waals surface area contributed by atoms with Crippen LogP contribution in [0, 0.1) is 10.1 Å². The highest BCUT2D eigenvalue weighted by atomic mass is 16.6. The largest absolute Gasteiger partial charge is 0.304 e. The topological polar surface area (TPSA) is 60.2 Å². The summed E-state index contributed by atoms with van der Waals surface area (Å²) in [7, 11) is 0. The zero-order valence-corrected chi connectivity index (χ0v) is 12.3. The lowest BCUT2D eigenvalue weighted by molar-refractivity contribution is -0.563. The highest BCUT2D eigenvalue weighted by molar-refractivity contribution is 5.89. The number of ketones is 1. The van der Waals surface area contributed by atoms with E-state index in [1.165, 1.54) is 0 Å². The molecule has 4 nitrogen and oxygen atoms in total. The Hall–Kier alpha value is -1.71. The molecule has 0 bridgehead atoms. The van der Waals surface area contributed by atoms with Gasteiger partial charge in [-0.2, -0.15) is 0 Å². The van der Waals surface area contributed by atoms with Gasteiger partial charge >= 0.3 is 5.54 Å². The number of carbonyl (C=O) groups is 1. The van der Waals surface area contributed by atoms with Crippen LogP contribution < -0.4 is 0 Å². The molecular weight excluding hydrogens is 254 g/mol. The van der Waals surface area contributed by atoms with E-state index in [0.717, 1.165) is 18.4 Å². The first-order valence-electron chi connectivity index (χ1n) is 7.07. The van der Waals surface area contributed by atoms with Crippen LogP contribution in [0.15, 0.2) is 24.3 Å². The zero-order valence-electron chi connectivity index (χ0n) is 12.3. The van der Waals surface area contributed by atoms with Crippen LogP contribution in [0.2, 0.25) is 0 Å². The van der Waals surface area contributed by atoms with Gasteiger partial charge in [0.2, 0.25) is 5.78 Å². The quantitative estimate of drug-likeness (QED) is 0.612. The molecule has 0 amide bonds. The highest BCUT2D eigenvalue weighted by Crippen LogP contribution is 2.38. The average Bonchev–Trinajstić information content (AvgIpc) is 2.38. The van der Waals surface area contributed by atoms with Gasteiger partial charge in [-0.3, -0.25) is 14.9 Å². The second-order valence-electron chi connectivity index (χ2n) is 6.58. The molecule has 1 atom stereocenters. The molecule has 1 fully saturated rings. The molecule has 1 saturated carbocycles. The van der Waals surface area contributed by atoms with Crippen LogP contribution in [0.25, 0.3) is 0 Å². The molecule has 1 aromatic carbocycles.